The molecular formula is C11H16NO4PS3. The van der Waals surface area contributed by atoms with Gasteiger partial charge in [0.15, 0.2) is 0 Å². The van der Waals surface area contributed by atoms with Crippen LogP contribution in [0.3, 0.4) is 0 Å². The normalized spacial score (nSPS) is 21.1. The van der Waals surface area contributed by atoms with E-state index in [2.05, 4.69) is 12.2 Å². The molecule has 1 aromatic carbocycles. The highest BCUT2D eigenvalue weighted by molar-refractivity contribution is 8.60. The molecule has 0 aromatic heterocycles. The lowest BCUT2D eigenvalue weighted by Crippen LogP contribution is -2.37. The lowest BCUT2D eigenvalue weighted by Gasteiger charge is -2.27. The summed E-state index contributed by atoms with van der Waals surface area (Å²) < 4.78 is 37.0. The molecule has 0 unspecified atom stereocenters. The van der Waals surface area contributed by atoms with Crippen LogP contribution in [0.15, 0.2) is 29.2 Å². The molecule has 5 nitrogen and oxygen atoms in total. The van der Waals surface area contributed by atoms with Crippen molar-refractivity contribution in [2.45, 2.75) is 11.8 Å². The van der Waals surface area contributed by atoms with E-state index in [1.54, 1.807) is 24.3 Å². The fourth-order valence-electron chi connectivity index (χ4n) is 1.76. The average molecular weight is 353 g/mol. The quantitative estimate of drug-likeness (QED) is 0.652. The SMILES string of the molecule is Cc1ccc(S(=O)(=O)N2CCOP(=S)(S)OCC2)cc1. The van der Waals surface area contributed by atoms with Gasteiger partial charge >= 0.3 is 0 Å². The maximum atomic E-state index is 12.5. The molecule has 0 bridgehead atoms. The highest BCUT2D eigenvalue weighted by Crippen LogP contribution is 2.53. The monoisotopic (exact) mass is 353 g/mol. The standard InChI is InChI=1S/C11H16NO4PS3/c1-10-2-4-11(5-3-10)20(13,14)12-6-8-15-17(18,19)16-9-7-12/h2-5H,6-9H2,1H3,(H,18,19). The molecule has 0 spiro atoms. The van der Waals surface area contributed by atoms with Crippen molar-refractivity contribution in [3.05, 3.63) is 29.8 Å². The van der Waals surface area contributed by atoms with Crippen LogP contribution in [0, 0.1) is 6.92 Å². The van der Waals surface area contributed by atoms with Crippen molar-refractivity contribution in [2.75, 3.05) is 26.3 Å². The Morgan fingerprint density at radius 2 is 1.70 bits per heavy atom. The molecule has 1 aromatic rings. The number of nitrogens with zero attached hydrogens (tertiary/aromatic N) is 1. The van der Waals surface area contributed by atoms with E-state index in [9.17, 15) is 8.42 Å². The number of hydrogen-bond donors (Lipinski definition) is 1. The van der Waals surface area contributed by atoms with Crippen LogP contribution >= 0.6 is 17.9 Å². The van der Waals surface area contributed by atoms with E-state index in [1.165, 1.54) is 4.31 Å². The number of benzene rings is 1. The van der Waals surface area contributed by atoms with Gasteiger partial charge in [-0.25, -0.2) is 8.42 Å². The second-order valence-electron chi connectivity index (χ2n) is 4.35. The van der Waals surface area contributed by atoms with Crippen LogP contribution in [-0.2, 0) is 30.9 Å². The van der Waals surface area contributed by atoms with Gasteiger partial charge in [-0.2, -0.15) is 4.31 Å². The summed E-state index contributed by atoms with van der Waals surface area (Å²) >= 11 is 9.18. The lowest BCUT2D eigenvalue weighted by atomic mass is 10.2. The molecule has 0 N–H and O–H groups in total. The molecule has 1 saturated heterocycles. The zero-order valence-corrected chi connectivity index (χ0v) is 14.4. The predicted molar refractivity (Wildman–Crippen MR) is 85.1 cm³/mol. The van der Waals surface area contributed by atoms with Gasteiger partial charge in [0.25, 0.3) is 0 Å². The molecule has 1 aliphatic rings. The minimum absolute atomic E-state index is 0.186. The third-order valence-electron chi connectivity index (χ3n) is 2.85. The third-order valence-corrected chi connectivity index (χ3v) is 7.10. The predicted octanol–water partition coefficient (Wildman–Crippen LogP) is 2.19. The molecular weight excluding hydrogens is 337 g/mol. The van der Waals surface area contributed by atoms with Gasteiger partial charge in [-0.1, -0.05) is 29.9 Å². The minimum atomic E-state index is -3.53. The molecule has 0 aliphatic carbocycles. The van der Waals surface area contributed by atoms with E-state index < -0.39 is 15.7 Å². The smallest absolute Gasteiger partial charge is 0.244 e. The summed E-state index contributed by atoms with van der Waals surface area (Å²) in [5.41, 5.74) is -1.50. The zero-order valence-electron chi connectivity index (χ0n) is 10.9. The Hall–Kier alpha value is 0.0500. The summed E-state index contributed by atoms with van der Waals surface area (Å²) in [5.74, 6) is 0. The first-order valence-electron chi connectivity index (χ1n) is 6.00. The largest absolute Gasteiger partial charge is 0.320 e. The number of rotatable bonds is 2. The fourth-order valence-corrected chi connectivity index (χ4v) is 4.81. The van der Waals surface area contributed by atoms with Crippen molar-refractivity contribution < 1.29 is 17.5 Å². The molecule has 1 fully saturated rings. The molecule has 9 heteroatoms. The average Bonchev–Trinajstić information content (AvgIpc) is 2.34. The summed E-state index contributed by atoms with van der Waals surface area (Å²) in [4.78, 5) is 0.272. The number of thiol groups is 1. The number of sulfonamides is 1. The van der Waals surface area contributed by atoms with Crippen LogP contribution in [-0.4, -0.2) is 39.0 Å². The van der Waals surface area contributed by atoms with E-state index in [4.69, 9.17) is 20.9 Å². The van der Waals surface area contributed by atoms with Gasteiger partial charge in [-0.15, -0.1) is 0 Å². The van der Waals surface area contributed by atoms with Crippen molar-refractivity contribution in [1.29, 1.82) is 0 Å². The van der Waals surface area contributed by atoms with Crippen molar-refractivity contribution in [1.82, 2.24) is 4.31 Å². The van der Waals surface area contributed by atoms with Gasteiger partial charge < -0.3 is 9.05 Å². The maximum Gasteiger partial charge on any atom is 0.244 e. The second-order valence-corrected chi connectivity index (χ2v) is 11.6. The van der Waals surface area contributed by atoms with Gasteiger partial charge in [-0.3, -0.25) is 0 Å². The first-order valence-corrected chi connectivity index (χ1v) is 11.2. The van der Waals surface area contributed by atoms with Crippen LogP contribution < -0.4 is 0 Å². The summed E-state index contributed by atoms with van der Waals surface area (Å²) in [7, 11) is -3.53. The van der Waals surface area contributed by atoms with Crippen LogP contribution in [0.1, 0.15) is 5.56 Å². The van der Waals surface area contributed by atoms with Crippen molar-refractivity contribution in [2.24, 2.45) is 0 Å². The van der Waals surface area contributed by atoms with E-state index in [-0.39, 0.29) is 31.2 Å². The molecule has 1 heterocycles. The Labute approximate surface area is 129 Å². The highest BCUT2D eigenvalue weighted by atomic mass is 32.9. The molecule has 0 saturated carbocycles. The topological polar surface area (TPSA) is 55.8 Å². The summed E-state index contributed by atoms with van der Waals surface area (Å²) in [5, 5.41) is 0. The Bertz CT molecular complexity index is 603. The molecule has 20 heavy (non-hydrogen) atoms. The van der Waals surface area contributed by atoms with Gasteiger partial charge in [0.2, 0.25) is 15.7 Å². The van der Waals surface area contributed by atoms with Crippen molar-refractivity contribution in [3.63, 3.8) is 0 Å². The second kappa shape index (κ2) is 6.44. The first-order chi connectivity index (χ1) is 9.31. The van der Waals surface area contributed by atoms with E-state index in [0.29, 0.717) is 0 Å². The molecule has 0 radical (unpaired) electrons. The summed E-state index contributed by atoms with van der Waals surface area (Å²) in [6.07, 6.45) is 0. The van der Waals surface area contributed by atoms with Crippen LogP contribution in [0.4, 0.5) is 0 Å². The molecule has 0 atom stereocenters. The first kappa shape index (κ1) is 16.4. The van der Waals surface area contributed by atoms with E-state index >= 15 is 0 Å². The van der Waals surface area contributed by atoms with E-state index in [1.807, 2.05) is 6.92 Å². The Kier molecular flexibility index (Phi) is 5.29. The number of aryl methyl sites for hydroxylation is 1. The summed E-state index contributed by atoms with van der Waals surface area (Å²) in [6, 6.07) is 6.76. The Morgan fingerprint density at radius 3 is 2.20 bits per heavy atom. The minimum Gasteiger partial charge on any atom is -0.320 e. The molecule has 0 amide bonds. The highest BCUT2D eigenvalue weighted by Gasteiger charge is 2.27. The lowest BCUT2D eigenvalue weighted by molar-refractivity contribution is 0.194. The third kappa shape index (κ3) is 4.04. The molecule has 112 valence electrons. The van der Waals surface area contributed by atoms with Gasteiger partial charge in [-0.05, 0) is 30.9 Å². The van der Waals surface area contributed by atoms with Crippen LogP contribution in [0.5, 0.6) is 0 Å². The zero-order chi connectivity index (χ0) is 14.8. The van der Waals surface area contributed by atoms with E-state index in [0.717, 1.165) is 5.56 Å². The molecule has 1 aliphatic heterocycles. The van der Waals surface area contributed by atoms with Crippen LogP contribution in [0.2, 0.25) is 0 Å². The Morgan fingerprint density at radius 1 is 1.20 bits per heavy atom. The van der Waals surface area contributed by atoms with Crippen LogP contribution in [0.25, 0.3) is 0 Å². The maximum absolute atomic E-state index is 12.5. The fraction of sp³-hybridized carbons (Fsp3) is 0.455. The molecule has 2 rings (SSSR count). The van der Waals surface area contributed by atoms with Gasteiger partial charge in [0.1, 0.15) is 0 Å². The number of hydrogen-bond acceptors (Lipinski definition) is 5. The van der Waals surface area contributed by atoms with Gasteiger partial charge in [0.05, 0.1) is 18.1 Å². The van der Waals surface area contributed by atoms with Gasteiger partial charge in [0, 0.05) is 13.1 Å². The van der Waals surface area contributed by atoms with Crippen molar-refractivity contribution >= 4 is 39.8 Å². The Balaban J connectivity index is 2.17. The summed E-state index contributed by atoms with van der Waals surface area (Å²) in [6.45, 7) is 2.78. The van der Waals surface area contributed by atoms with Crippen molar-refractivity contribution in [3.8, 4) is 0 Å².